The fraction of sp³-hybridized carbons (Fsp3) is 0.500. The van der Waals surface area contributed by atoms with Crippen molar-refractivity contribution in [3.8, 4) is 0 Å². The highest BCUT2D eigenvalue weighted by atomic mass is 32.2. The zero-order chi connectivity index (χ0) is 10.7. The summed E-state index contributed by atoms with van der Waals surface area (Å²) < 4.78 is 1.04. The van der Waals surface area contributed by atoms with Gasteiger partial charge in [0.2, 0.25) is 0 Å². The Morgan fingerprint density at radius 3 is 3.07 bits per heavy atom. The first-order valence-corrected chi connectivity index (χ1v) is 7.23. The van der Waals surface area contributed by atoms with Crippen molar-refractivity contribution in [1.29, 1.82) is 0 Å². The molecule has 2 heterocycles. The lowest BCUT2D eigenvalue weighted by Gasteiger charge is -2.35. The highest BCUT2D eigenvalue weighted by Gasteiger charge is 2.20. The van der Waals surface area contributed by atoms with Crippen molar-refractivity contribution < 1.29 is 0 Å². The molecule has 2 rings (SSSR count). The summed E-state index contributed by atoms with van der Waals surface area (Å²) in [6, 6.07) is 4.30. The molecule has 0 amide bonds. The van der Waals surface area contributed by atoms with E-state index in [2.05, 4.69) is 34.2 Å². The maximum atomic E-state index is 5.29. The Balaban J connectivity index is 1.92. The summed E-state index contributed by atoms with van der Waals surface area (Å²) in [6.45, 7) is 5.18. The second-order valence-electron chi connectivity index (χ2n) is 3.45. The third-order valence-corrected chi connectivity index (χ3v) is 4.81. The predicted molar refractivity (Wildman–Crippen MR) is 72.2 cm³/mol. The van der Waals surface area contributed by atoms with Crippen molar-refractivity contribution in [2.24, 2.45) is 0 Å². The minimum Gasteiger partial charge on any atom is -0.345 e. The molecular formula is C10H14N2S3. The van der Waals surface area contributed by atoms with Gasteiger partial charge in [-0.15, -0.1) is 11.3 Å². The lowest BCUT2D eigenvalue weighted by Crippen LogP contribution is -2.43. The number of thiocarbonyl (C=S) groups is 1. The van der Waals surface area contributed by atoms with Crippen molar-refractivity contribution in [2.45, 2.75) is 13.5 Å². The van der Waals surface area contributed by atoms with E-state index in [0.717, 1.165) is 30.0 Å². The maximum Gasteiger partial charge on any atom is 0.138 e. The van der Waals surface area contributed by atoms with Crippen LogP contribution in [-0.2, 0) is 6.54 Å². The molecule has 2 nitrogen and oxygen atoms in total. The van der Waals surface area contributed by atoms with Crippen LogP contribution < -0.4 is 0 Å². The molecule has 1 aliphatic rings. The van der Waals surface area contributed by atoms with Gasteiger partial charge in [-0.3, -0.25) is 4.90 Å². The molecule has 1 aliphatic heterocycles. The molecule has 1 aromatic rings. The lowest BCUT2D eigenvalue weighted by atomic mass is 10.4. The highest BCUT2D eigenvalue weighted by Crippen LogP contribution is 2.21. The minimum atomic E-state index is 0.972. The van der Waals surface area contributed by atoms with Gasteiger partial charge in [-0.2, -0.15) is 0 Å². The summed E-state index contributed by atoms with van der Waals surface area (Å²) in [5.74, 6) is 1.02. The molecule has 0 atom stereocenters. The SMILES string of the molecule is CCN1CN(Cc2cccs2)CSC1=S. The van der Waals surface area contributed by atoms with Crippen molar-refractivity contribution in [2.75, 3.05) is 19.1 Å². The van der Waals surface area contributed by atoms with Gasteiger partial charge >= 0.3 is 0 Å². The Bertz CT molecular complexity index is 323. The topological polar surface area (TPSA) is 6.48 Å². The molecule has 0 aliphatic carbocycles. The molecule has 0 bridgehead atoms. The summed E-state index contributed by atoms with van der Waals surface area (Å²) in [6.07, 6.45) is 0. The van der Waals surface area contributed by atoms with Crippen LogP contribution in [0.4, 0.5) is 0 Å². The molecule has 0 saturated carbocycles. The molecule has 0 aromatic carbocycles. The molecule has 5 heteroatoms. The van der Waals surface area contributed by atoms with E-state index in [1.807, 2.05) is 11.3 Å². The van der Waals surface area contributed by atoms with Crippen molar-refractivity contribution in [1.82, 2.24) is 9.80 Å². The first kappa shape index (κ1) is 11.4. The van der Waals surface area contributed by atoms with E-state index in [-0.39, 0.29) is 0 Å². The molecule has 82 valence electrons. The van der Waals surface area contributed by atoms with Crippen LogP contribution in [0, 0.1) is 0 Å². The average Bonchev–Trinajstić information content (AvgIpc) is 2.73. The third-order valence-electron chi connectivity index (χ3n) is 2.34. The largest absolute Gasteiger partial charge is 0.345 e. The Morgan fingerprint density at radius 2 is 2.40 bits per heavy atom. The van der Waals surface area contributed by atoms with Gasteiger partial charge in [0.1, 0.15) is 4.32 Å². The van der Waals surface area contributed by atoms with E-state index in [4.69, 9.17) is 12.2 Å². The molecule has 0 radical (unpaired) electrons. The van der Waals surface area contributed by atoms with Gasteiger partial charge in [-0.25, -0.2) is 0 Å². The first-order valence-electron chi connectivity index (χ1n) is 4.96. The normalized spacial score (nSPS) is 18.5. The van der Waals surface area contributed by atoms with Gasteiger partial charge in [-0.05, 0) is 18.4 Å². The van der Waals surface area contributed by atoms with E-state index in [0.29, 0.717) is 0 Å². The summed E-state index contributed by atoms with van der Waals surface area (Å²) in [5.41, 5.74) is 0. The molecule has 1 saturated heterocycles. The molecule has 15 heavy (non-hydrogen) atoms. The van der Waals surface area contributed by atoms with Crippen LogP contribution in [0.25, 0.3) is 0 Å². The van der Waals surface area contributed by atoms with E-state index >= 15 is 0 Å². The first-order chi connectivity index (χ1) is 7.29. The molecular weight excluding hydrogens is 244 g/mol. The fourth-order valence-electron chi connectivity index (χ4n) is 1.53. The van der Waals surface area contributed by atoms with Crippen LogP contribution in [0.1, 0.15) is 11.8 Å². The van der Waals surface area contributed by atoms with E-state index in [1.165, 1.54) is 4.88 Å². The minimum absolute atomic E-state index is 0.972. The number of hydrogen-bond donors (Lipinski definition) is 0. The highest BCUT2D eigenvalue weighted by molar-refractivity contribution is 8.22. The molecule has 0 unspecified atom stereocenters. The maximum absolute atomic E-state index is 5.29. The van der Waals surface area contributed by atoms with Gasteiger partial charge < -0.3 is 4.90 Å². The van der Waals surface area contributed by atoms with E-state index in [1.54, 1.807) is 11.8 Å². The van der Waals surface area contributed by atoms with Crippen LogP contribution in [0.15, 0.2) is 17.5 Å². The smallest absolute Gasteiger partial charge is 0.138 e. The number of thiophene rings is 1. The standard InChI is InChI=1S/C10H14N2S3/c1-2-12-7-11(8-15-10(12)13)6-9-4-3-5-14-9/h3-5H,2,6-8H2,1H3. The number of rotatable bonds is 3. The molecule has 1 fully saturated rings. The second-order valence-corrected chi connectivity index (χ2v) is 6.06. The van der Waals surface area contributed by atoms with Crippen molar-refractivity contribution in [3.05, 3.63) is 22.4 Å². The molecule has 1 aromatic heterocycles. The average molecular weight is 258 g/mol. The Labute approximate surface area is 104 Å². The second kappa shape index (κ2) is 5.30. The fourth-order valence-corrected chi connectivity index (χ4v) is 3.45. The zero-order valence-corrected chi connectivity index (χ0v) is 11.1. The van der Waals surface area contributed by atoms with Crippen LogP contribution >= 0.6 is 35.3 Å². The summed E-state index contributed by atoms with van der Waals surface area (Å²) in [5, 5.41) is 2.13. The van der Waals surface area contributed by atoms with E-state index in [9.17, 15) is 0 Å². The van der Waals surface area contributed by atoms with Gasteiger partial charge in [-0.1, -0.05) is 30.0 Å². The number of nitrogens with zero attached hydrogens (tertiary/aromatic N) is 2. The van der Waals surface area contributed by atoms with Crippen LogP contribution in [0.2, 0.25) is 0 Å². The summed E-state index contributed by atoms with van der Waals surface area (Å²) >= 11 is 8.88. The Morgan fingerprint density at radius 1 is 1.53 bits per heavy atom. The van der Waals surface area contributed by atoms with Gasteiger partial charge in [0.05, 0.1) is 12.5 Å². The van der Waals surface area contributed by atoms with Crippen LogP contribution in [-0.4, -0.2) is 33.2 Å². The van der Waals surface area contributed by atoms with Crippen molar-refractivity contribution >= 4 is 39.6 Å². The van der Waals surface area contributed by atoms with Crippen LogP contribution in [0.3, 0.4) is 0 Å². The van der Waals surface area contributed by atoms with Crippen molar-refractivity contribution in [3.63, 3.8) is 0 Å². The monoisotopic (exact) mass is 258 g/mol. The van der Waals surface area contributed by atoms with Gasteiger partial charge in [0, 0.05) is 18.0 Å². The molecule has 0 N–H and O–H groups in total. The quantitative estimate of drug-likeness (QED) is 0.769. The van der Waals surface area contributed by atoms with Gasteiger partial charge in [0.25, 0.3) is 0 Å². The zero-order valence-electron chi connectivity index (χ0n) is 8.68. The number of thioether (sulfide) groups is 1. The predicted octanol–water partition coefficient (Wildman–Crippen LogP) is 2.82. The van der Waals surface area contributed by atoms with Gasteiger partial charge in [0.15, 0.2) is 0 Å². The van der Waals surface area contributed by atoms with E-state index < -0.39 is 0 Å². The Kier molecular flexibility index (Phi) is 4.02. The van der Waals surface area contributed by atoms with Crippen LogP contribution in [0.5, 0.6) is 0 Å². The third kappa shape index (κ3) is 2.93. The summed E-state index contributed by atoms with van der Waals surface area (Å²) in [4.78, 5) is 6.10. The summed E-state index contributed by atoms with van der Waals surface area (Å²) in [7, 11) is 0. The number of hydrogen-bond acceptors (Lipinski definition) is 4. The Hall–Kier alpha value is -0.100. The lowest BCUT2D eigenvalue weighted by molar-refractivity contribution is 0.212. The molecule has 0 spiro atoms.